The molecule has 4 rings (SSSR count). The zero-order chi connectivity index (χ0) is 21.0. The molecule has 0 aromatic carbocycles. The van der Waals surface area contributed by atoms with Crippen LogP contribution in [-0.2, 0) is 19.1 Å². The van der Waals surface area contributed by atoms with Crippen LogP contribution in [0.25, 0.3) is 0 Å². The summed E-state index contributed by atoms with van der Waals surface area (Å²) in [6, 6.07) is 0. The summed E-state index contributed by atoms with van der Waals surface area (Å²) >= 11 is 0. The quantitative estimate of drug-likeness (QED) is 0.727. The molecule has 0 amide bonds. The third-order valence-electron chi connectivity index (χ3n) is 8.95. The van der Waals surface area contributed by atoms with Crippen LogP contribution in [0.1, 0.15) is 72.1 Å². The Kier molecular flexibility index (Phi) is 5.25. The summed E-state index contributed by atoms with van der Waals surface area (Å²) < 4.78 is 5.13. The molecule has 4 aliphatic rings. The van der Waals surface area contributed by atoms with Gasteiger partial charge in [0, 0.05) is 18.8 Å². The number of hydrogen-bond donors (Lipinski definition) is 1. The zero-order valence-electron chi connectivity index (χ0n) is 17.9. The number of fused-ring (bicyclic) bond motifs is 5. The molecule has 3 fully saturated rings. The van der Waals surface area contributed by atoms with Gasteiger partial charge in [0.15, 0.2) is 11.6 Å². The van der Waals surface area contributed by atoms with Crippen LogP contribution in [-0.4, -0.2) is 35.4 Å². The summed E-state index contributed by atoms with van der Waals surface area (Å²) in [6.07, 6.45) is 7.41. The predicted molar refractivity (Wildman–Crippen MR) is 108 cm³/mol. The van der Waals surface area contributed by atoms with Crippen LogP contribution in [0.2, 0.25) is 0 Å². The van der Waals surface area contributed by atoms with E-state index >= 15 is 0 Å². The van der Waals surface area contributed by atoms with Crippen molar-refractivity contribution in [1.82, 2.24) is 0 Å². The Balaban J connectivity index is 1.57. The number of esters is 1. The lowest BCUT2D eigenvalue weighted by molar-refractivity contribution is -0.155. The second-order valence-electron chi connectivity index (χ2n) is 10.3. The Morgan fingerprint density at radius 3 is 2.69 bits per heavy atom. The highest BCUT2D eigenvalue weighted by Gasteiger charge is 2.62. The van der Waals surface area contributed by atoms with Crippen LogP contribution in [0.5, 0.6) is 0 Å². The number of aliphatic hydroxyl groups excluding tert-OH is 1. The molecule has 0 spiro atoms. The van der Waals surface area contributed by atoms with Gasteiger partial charge in [-0.2, -0.15) is 0 Å². The number of carbonyl (C=O) groups excluding carboxylic acids is 3. The molecule has 7 atom stereocenters. The minimum absolute atomic E-state index is 0.00770. The molecule has 3 saturated carbocycles. The topological polar surface area (TPSA) is 80.7 Å². The van der Waals surface area contributed by atoms with Crippen molar-refractivity contribution in [3.63, 3.8) is 0 Å². The molecule has 0 bridgehead atoms. The summed E-state index contributed by atoms with van der Waals surface area (Å²) in [4.78, 5) is 36.4. The van der Waals surface area contributed by atoms with Gasteiger partial charge < -0.3 is 9.84 Å². The van der Waals surface area contributed by atoms with Crippen LogP contribution in [0.3, 0.4) is 0 Å². The molecule has 1 N–H and O–H groups in total. The van der Waals surface area contributed by atoms with E-state index in [1.165, 1.54) is 5.57 Å². The average Bonchev–Trinajstić information content (AvgIpc) is 3.02. The van der Waals surface area contributed by atoms with E-state index in [0.717, 1.165) is 32.1 Å². The van der Waals surface area contributed by atoms with Gasteiger partial charge in [0.25, 0.3) is 0 Å². The van der Waals surface area contributed by atoms with Gasteiger partial charge in [0.05, 0.1) is 6.10 Å². The molecule has 29 heavy (non-hydrogen) atoms. The number of aliphatic hydroxyl groups is 1. The Labute approximate surface area is 173 Å². The molecule has 5 heteroatoms. The third-order valence-corrected chi connectivity index (χ3v) is 8.95. The smallest absolute Gasteiger partial charge is 0.305 e. The maximum atomic E-state index is 12.9. The van der Waals surface area contributed by atoms with Gasteiger partial charge in [0.2, 0.25) is 0 Å². The van der Waals surface area contributed by atoms with E-state index in [1.807, 2.05) is 6.08 Å². The van der Waals surface area contributed by atoms with Crippen molar-refractivity contribution in [2.45, 2.75) is 78.2 Å². The van der Waals surface area contributed by atoms with Crippen molar-refractivity contribution in [2.24, 2.45) is 34.5 Å². The molecule has 160 valence electrons. The average molecular weight is 403 g/mol. The molecule has 0 saturated heterocycles. The van der Waals surface area contributed by atoms with Crippen LogP contribution in [0.15, 0.2) is 11.6 Å². The number of carbonyl (C=O) groups is 3. The number of ether oxygens (including phenoxy) is 1. The Morgan fingerprint density at radius 1 is 1.21 bits per heavy atom. The number of Topliss-reactive ketones (excluding diaryl/α,β-unsaturated/α-hetero) is 1. The highest BCUT2D eigenvalue weighted by Crippen LogP contribution is 2.66. The second-order valence-corrected chi connectivity index (χ2v) is 10.3. The first kappa shape index (κ1) is 20.8. The fraction of sp³-hybridized carbons (Fsp3) is 0.792. The molecule has 5 nitrogen and oxygen atoms in total. The predicted octanol–water partition coefficient (Wildman–Crippen LogP) is 3.63. The largest absolute Gasteiger partial charge is 0.458 e. The first-order valence-corrected chi connectivity index (χ1v) is 11.3. The van der Waals surface area contributed by atoms with Crippen LogP contribution >= 0.6 is 0 Å². The number of hydrogen-bond acceptors (Lipinski definition) is 5. The molecule has 0 radical (unpaired) electrons. The van der Waals surface area contributed by atoms with E-state index in [1.54, 1.807) is 6.92 Å². The Hall–Kier alpha value is -1.49. The lowest BCUT2D eigenvalue weighted by atomic mass is 9.46. The maximum Gasteiger partial charge on any atom is 0.305 e. The summed E-state index contributed by atoms with van der Waals surface area (Å²) in [7, 11) is 0. The molecule has 4 aliphatic carbocycles. The van der Waals surface area contributed by atoms with Crippen LogP contribution in [0, 0.1) is 34.5 Å². The highest BCUT2D eigenvalue weighted by atomic mass is 16.5. The van der Waals surface area contributed by atoms with Crippen molar-refractivity contribution in [1.29, 1.82) is 0 Å². The van der Waals surface area contributed by atoms with Gasteiger partial charge in [0.1, 0.15) is 6.61 Å². The molecule has 0 heterocycles. The molecule has 7 unspecified atom stereocenters. The molecule has 0 aromatic heterocycles. The summed E-state index contributed by atoms with van der Waals surface area (Å²) in [6.45, 7) is 6.00. The summed E-state index contributed by atoms with van der Waals surface area (Å²) in [5.74, 6) is 0.699. The van der Waals surface area contributed by atoms with E-state index in [-0.39, 0.29) is 53.2 Å². The van der Waals surface area contributed by atoms with Gasteiger partial charge >= 0.3 is 5.97 Å². The fourth-order valence-electron chi connectivity index (χ4n) is 7.57. The van der Waals surface area contributed by atoms with Crippen molar-refractivity contribution in [3.05, 3.63) is 11.6 Å². The van der Waals surface area contributed by atoms with Crippen LogP contribution in [0.4, 0.5) is 0 Å². The van der Waals surface area contributed by atoms with Gasteiger partial charge in [-0.15, -0.1) is 0 Å². The molecule has 0 aromatic rings. The molecular weight excluding hydrogens is 368 g/mol. The van der Waals surface area contributed by atoms with Crippen molar-refractivity contribution < 1.29 is 24.2 Å². The van der Waals surface area contributed by atoms with Crippen molar-refractivity contribution in [2.75, 3.05) is 6.61 Å². The monoisotopic (exact) mass is 402 g/mol. The fourth-order valence-corrected chi connectivity index (χ4v) is 7.57. The van der Waals surface area contributed by atoms with Crippen LogP contribution < -0.4 is 0 Å². The minimum Gasteiger partial charge on any atom is -0.458 e. The van der Waals surface area contributed by atoms with Gasteiger partial charge in [-0.05, 0) is 73.2 Å². The lowest BCUT2D eigenvalue weighted by Gasteiger charge is -2.59. The zero-order valence-corrected chi connectivity index (χ0v) is 17.9. The number of ketones is 2. The van der Waals surface area contributed by atoms with E-state index in [9.17, 15) is 19.5 Å². The third kappa shape index (κ3) is 3.20. The SMILES string of the molecule is CCC(=O)OCC(=O)C1CCC2C3CCC4=CC(=O)CCC4(C)C3C(O)CC12C. The first-order valence-electron chi connectivity index (χ1n) is 11.3. The summed E-state index contributed by atoms with van der Waals surface area (Å²) in [5.41, 5.74) is 0.893. The van der Waals surface area contributed by atoms with Gasteiger partial charge in [-0.25, -0.2) is 0 Å². The Bertz CT molecular complexity index is 754. The highest BCUT2D eigenvalue weighted by molar-refractivity contribution is 5.91. The van der Waals surface area contributed by atoms with E-state index in [4.69, 9.17) is 4.74 Å². The van der Waals surface area contributed by atoms with Gasteiger partial charge in [-0.3, -0.25) is 14.4 Å². The first-order chi connectivity index (χ1) is 13.7. The maximum absolute atomic E-state index is 12.9. The van der Waals surface area contributed by atoms with Gasteiger partial charge in [-0.1, -0.05) is 26.3 Å². The standard InChI is InChI=1S/C24H34O5/c1-4-21(28)29-13-20(27)18-8-7-17-16-6-5-14-11-15(25)9-10-23(14,2)22(16)19(26)12-24(17,18)3/h11,16-19,22,26H,4-10,12-13H2,1-3H3. The number of rotatable bonds is 4. The Morgan fingerprint density at radius 2 is 1.97 bits per heavy atom. The van der Waals surface area contributed by atoms with E-state index < -0.39 is 6.10 Å². The normalized spacial score (nSPS) is 43.7. The summed E-state index contributed by atoms with van der Waals surface area (Å²) in [5, 5.41) is 11.3. The minimum atomic E-state index is -0.463. The lowest BCUT2D eigenvalue weighted by Crippen LogP contribution is -2.57. The van der Waals surface area contributed by atoms with E-state index in [0.29, 0.717) is 24.7 Å². The second kappa shape index (κ2) is 7.33. The van der Waals surface area contributed by atoms with Crippen molar-refractivity contribution >= 4 is 17.5 Å². The number of allylic oxidation sites excluding steroid dienone is 1. The van der Waals surface area contributed by atoms with E-state index in [2.05, 4.69) is 13.8 Å². The molecule has 0 aliphatic heterocycles. The molecular formula is C24H34O5. The van der Waals surface area contributed by atoms with Crippen molar-refractivity contribution in [3.8, 4) is 0 Å².